The lowest BCUT2D eigenvalue weighted by Crippen LogP contribution is -2.30. The summed E-state index contributed by atoms with van der Waals surface area (Å²) >= 11 is 0. The summed E-state index contributed by atoms with van der Waals surface area (Å²) < 4.78 is 10.9. The fourth-order valence-electron chi connectivity index (χ4n) is 1.31. The molecular weight excluding hydrogens is 192 g/mol. The summed E-state index contributed by atoms with van der Waals surface area (Å²) in [6.45, 7) is 7.55. The summed E-state index contributed by atoms with van der Waals surface area (Å²) in [6, 6.07) is 0. The SMILES string of the molecule is CCC(O)CCOC(C)(CC)CCOC. The number of methoxy groups -OCH3 is 1. The number of aliphatic hydroxyl groups excluding tert-OH is 1. The molecule has 1 N–H and O–H groups in total. The largest absolute Gasteiger partial charge is 0.393 e. The van der Waals surface area contributed by atoms with Crippen LogP contribution in [0.3, 0.4) is 0 Å². The fourth-order valence-corrected chi connectivity index (χ4v) is 1.31. The van der Waals surface area contributed by atoms with Gasteiger partial charge in [0.05, 0.1) is 11.7 Å². The molecule has 0 amide bonds. The van der Waals surface area contributed by atoms with Crippen LogP contribution in [0.25, 0.3) is 0 Å². The highest BCUT2D eigenvalue weighted by atomic mass is 16.5. The van der Waals surface area contributed by atoms with Gasteiger partial charge >= 0.3 is 0 Å². The van der Waals surface area contributed by atoms with E-state index in [1.165, 1.54) is 0 Å². The van der Waals surface area contributed by atoms with Crippen LogP contribution in [-0.4, -0.2) is 37.1 Å². The van der Waals surface area contributed by atoms with E-state index in [0.29, 0.717) is 6.61 Å². The Morgan fingerprint density at radius 1 is 1.27 bits per heavy atom. The first-order valence-corrected chi connectivity index (χ1v) is 5.89. The monoisotopic (exact) mass is 218 g/mol. The highest BCUT2D eigenvalue weighted by Gasteiger charge is 2.22. The Morgan fingerprint density at radius 2 is 1.93 bits per heavy atom. The maximum absolute atomic E-state index is 9.40. The van der Waals surface area contributed by atoms with Crippen molar-refractivity contribution in [3.05, 3.63) is 0 Å². The maximum Gasteiger partial charge on any atom is 0.0673 e. The van der Waals surface area contributed by atoms with E-state index in [4.69, 9.17) is 9.47 Å². The van der Waals surface area contributed by atoms with Gasteiger partial charge < -0.3 is 14.6 Å². The van der Waals surface area contributed by atoms with Gasteiger partial charge in [-0.25, -0.2) is 0 Å². The molecule has 3 heteroatoms. The molecule has 0 aliphatic carbocycles. The van der Waals surface area contributed by atoms with E-state index in [2.05, 4.69) is 13.8 Å². The molecule has 0 bridgehead atoms. The van der Waals surface area contributed by atoms with Crippen LogP contribution in [0.15, 0.2) is 0 Å². The van der Waals surface area contributed by atoms with Gasteiger partial charge in [0.2, 0.25) is 0 Å². The van der Waals surface area contributed by atoms with Crippen molar-refractivity contribution in [2.75, 3.05) is 20.3 Å². The molecule has 0 spiro atoms. The van der Waals surface area contributed by atoms with Crippen molar-refractivity contribution in [2.24, 2.45) is 0 Å². The Bertz CT molecular complexity index is 150. The minimum Gasteiger partial charge on any atom is -0.393 e. The first-order valence-electron chi connectivity index (χ1n) is 5.89. The Morgan fingerprint density at radius 3 is 2.40 bits per heavy atom. The second-order valence-corrected chi connectivity index (χ2v) is 4.25. The predicted molar refractivity (Wildman–Crippen MR) is 62.1 cm³/mol. The quantitative estimate of drug-likeness (QED) is 0.645. The summed E-state index contributed by atoms with van der Waals surface area (Å²) in [5, 5.41) is 9.40. The molecule has 0 rings (SSSR count). The van der Waals surface area contributed by atoms with Crippen LogP contribution >= 0.6 is 0 Å². The van der Waals surface area contributed by atoms with Crippen LogP contribution in [0.2, 0.25) is 0 Å². The summed E-state index contributed by atoms with van der Waals surface area (Å²) in [5.74, 6) is 0. The minimum atomic E-state index is -0.228. The molecule has 15 heavy (non-hydrogen) atoms. The summed E-state index contributed by atoms with van der Waals surface area (Å²) in [4.78, 5) is 0. The number of hydrogen-bond acceptors (Lipinski definition) is 3. The van der Waals surface area contributed by atoms with E-state index in [9.17, 15) is 5.11 Å². The first kappa shape index (κ1) is 14.9. The third-order valence-electron chi connectivity index (χ3n) is 2.96. The Hall–Kier alpha value is -0.120. The third-order valence-corrected chi connectivity index (χ3v) is 2.96. The summed E-state index contributed by atoms with van der Waals surface area (Å²) in [6.07, 6.45) is 3.16. The Kier molecular flexibility index (Phi) is 8.02. The standard InChI is InChI=1S/C12H26O3/c1-5-11(13)7-9-15-12(3,6-2)8-10-14-4/h11,13H,5-10H2,1-4H3. The molecule has 0 saturated carbocycles. The molecule has 2 unspecified atom stereocenters. The molecule has 0 heterocycles. The lowest BCUT2D eigenvalue weighted by Gasteiger charge is -2.29. The van der Waals surface area contributed by atoms with Gasteiger partial charge in [-0.2, -0.15) is 0 Å². The van der Waals surface area contributed by atoms with Crippen molar-refractivity contribution in [2.45, 2.75) is 58.2 Å². The second kappa shape index (κ2) is 8.08. The predicted octanol–water partition coefficient (Wildman–Crippen LogP) is 2.37. The molecule has 0 saturated heterocycles. The van der Waals surface area contributed by atoms with E-state index >= 15 is 0 Å². The normalized spacial score (nSPS) is 17.4. The minimum absolute atomic E-state index is 0.108. The number of ether oxygens (including phenoxy) is 2. The van der Waals surface area contributed by atoms with Gasteiger partial charge in [-0.3, -0.25) is 0 Å². The number of rotatable bonds is 9. The molecule has 0 aromatic rings. The van der Waals surface area contributed by atoms with Crippen LogP contribution < -0.4 is 0 Å². The second-order valence-electron chi connectivity index (χ2n) is 4.25. The van der Waals surface area contributed by atoms with Crippen molar-refractivity contribution in [1.82, 2.24) is 0 Å². The molecule has 0 radical (unpaired) electrons. The van der Waals surface area contributed by atoms with Crippen LogP contribution in [-0.2, 0) is 9.47 Å². The van der Waals surface area contributed by atoms with E-state index in [0.717, 1.165) is 32.3 Å². The zero-order valence-electron chi connectivity index (χ0n) is 10.6. The van der Waals surface area contributed by atoms with Gasteiger partial charge in [-0.15, -0.1) is 0 Å². The lowest BCUT2D eigenvalue weighted by molar-refractivity contribution is -0.0617. The number of aliphatic hydroxyl groups is 1. The fraction of sp³-hybridized carbons (Fsp3) is 1.00. The summed E-state index contributed by atoms with van der Waals surface area (Å²) in [5.41, 5.74) is -0.108. The van der Waals surface area contributed by atoms with Crippen LogP contribution in [0, 0.1) is 0 Å². The van der Waals surface area contributed by atoms with Crippen molar-refractivity contribution >= 4 is 0 Å². The van der Waals surface area contributed by atoms with Crippen molar-refractivity contribution in [3.63, 3.8) is 0 Å². The average Bonchev–Trinajstić information content (AvgIpc) is 2.26. The molecule has 92 valence electrons. The van der Waals surface area contributed by atoms with E-state index in [1.54, 1.807) is 7.11 Å². The smallest absolute Gasteiger partial charge is 0.0673 e. The molecule has 0 aromatic heterocycles. The van der Waals surface area contributed by atoms with E-state index in [-0.39, 0.29) is 11.7 Å². The van der Waals surface area contributed by atoms with E-state index < -0.39 is 0 Å². The van der Waals surface area contributed by atoms with Crippen LogP contribution in [0.1, 0.15) is 46.5 Å². The molecular formula is C12H26O3. The van der Waals surface area contributed by atoms with Crippen molar-refractivity contribution in [1.29, 1.82) is 0 Å². The van der Waals surface area contributed by atoms with Gasteiger partial charge in [0.1, 0.15) is 0 Å². The molecule has 0 aromatic carbocycles. The third kappa shape index (κ3) is 6.88. The van der Waals surface area contributed by atoms with Gasteiger partial charge in [0.15, 0.2) is 0 Å². The molecule has 0 fully saturated rings. The highest BCUT2D eigenvalue weighted by molar-refractivity contribution is 4.73. The van der Waals surface area contributed by atoms with Gasteiger partial charge in [0, 0.05) is 20.3 Å². The molecule has 0 aliphatic rings. The summed E-state index contributed by atoms with van der Waals surface area (Å²) in [7, 11) is 1.71. The van der Waals surface area contributed by atoms with Crippen LogP contribution in [0.5, 0.6) is 0 Å². The Balaban J connectivity index is 3.76. The van der Waals surface area contributed by atoms with Crippen LogP contribution in [0.4, 0.5) is 0 Å². The molecule has 3 nitrogen and oxygen atoms in total. The zero-order valence-corrected chi connectivity index (χ0v) is 10.6. The van der Waals surface area contributed by atoms with Gasteiger partial charge in [0.25, 0.3) is 0 Å². The van der Waals surface area contributed by atoms with Crippen molar-refractivity contribution < 1.29 is 14.6 Å². The molecule has 2 atom stereocenters. The average molecular weight is 218 g/mol. The van der Waals surface area contributed by atoms with Gasteiger partial charge in [-0.1, -0.05) is 13.8 Å². The maximum atomic E-state index is 9.40. The number of hydrogen-bond donors (Lipinski definition) is 1. The highest BCUT2D eigenvalue weighted by Crippen LogP contribution is 2.20. The first-order chi connectivity index (χ1) is 7.08. The van der Waals surface area contributed by atoms with Crippen molar-refractivity contribution in [3.8, 4) is 0 Å². The zero-order chi connectivity index (χ0) is 11.7. The molecule has 0 aliphatic heterocycles. The topological polar surface area (TPSA) is 38.7 Å². The lowest BCUT2D eigenvalue weighted by atomic mass is 9.99. The van der Waals surface area contributed by atoms with E-state index in [1.807, 2.05) is 6.92 Å². The van der Waals surface area contributed by atoms with Gasteiger partial charge in [-0.05, 0) is 32.6 Å². The Labute approximate surface area is 93.8 Å².